The third-order valence-corrected chi connectivity index (χ3v) is 8.98. The maximum Gasteiger partial charge on any atom is 0.425 e. The molecule has 0 rings (SSSR count). The third-order valence-electron chi connectivity index (χ3n) is 4.72. The van der Waals surface area contributed by atoms with Crippen molar-refractivity contribution in [2.75, 3.05) is 44.8 Å². The average Bonchev–Trinajstić information content (AvgIpc) is 2.52. The minimum Gasteiger partial charge on any atom is -0.748 e. The molecule has 0 bridgehead atoms. The highest BCUT2D eigenvalue weighted by atomic mass is 32.2. The first kappa shape index (κ1) is 31.8. The lowest BCUT2D eigenvalue weighted by Crippen LogP contribution is -2.51. The van der Waals surface area contributed by atoms with Crippen LogP contribution in [0.25, 0.3) is 0 Å². The zero-order valence-corrected chi connectivity index (χ0v) is 21.5. The topological polar surface area (TPSA) is 172 Å². The van der Waals surface area contributed by atoms with E-state index < -0.39 is 44.9 Å². The van der Waals surface area contributed by atoms with E-state index in [0.717, 1.165) is 32.0 Å². The van der Waals surface area contributed by atoms with Crippen LogP contribution in [0, 0.1) is 0 Å². The summed E-state index contributed by atoms with van der Waals surface area (Å²) in [5.74, 6) is -0.720. The number of hydrogen-bond acceptors (Lipinski definition) is 9. The molecule has 0 aliphatic carbocycles. The van der Waals surface area contributed by atoms with Crippen molar-refractivity contribution in [3.63, 3.8) is 0 Å². The number of hydrogen-bond donors (Lipinski definition) is 1. The fourth-order valence-corrected chi connectivity index (χ4v) is 5.44. The van der Waals surface area contributed by atoms with E-state index in [0.29, 0.717) is 24.0 Å². The molecule has 0 fully saturated rings. The molecule has 0 aromatic heterocycles. The van der Waals surface area contributed by atoms with Crippen LogP contribution in [0.1, 0.15) is 32.6 Å². The molecule has 182 valence electrons. The second kappa shape index (κ2) is 14.6. The lowest BCUT2D eigenvalue weighted by Gasteiger charge is -2.39. The van der Waals surface area contributed by atoms with Gasteiger partial charge in [-0.2, -0.15) is 8.42 Å². The number of quaternary nitrogens is 1. The summed E-state index contributed by atoms with van der Waals surface area (Å²) in [7, 11) is -11.4. The van der Waals surface area contributed by atoms with Crippen molar-refractivity contribution in [2.45, 2.75) is 51.7 Å². The van der Waals surface area contributed by atoms with Crippen molar-refractivity contribution in [3.05, 3.63) is 0 Å². The fourth-order valence-electron chi connectivity index (χ4n) is 3.25. The molecule has 0 radical (unpaired) electrons. The Hall–Kier alpha value is -0.423. The summed E-state index contributed by atoms with van der Waals surface area (Å²) in [4.78, 5) is 0. The lowest BCUT2D eigenvalue weighted by atomic mass is 10.2. The highest BCUT2D eigenvalue weighted by Crippen LogP contribution is 2.19. The predicted molar refractivity (Wildman–Crippen MR) is 114 cm³/mol. The van der Waals surface area contributed by atoms with Gasteiger partial charge in [-0.15, -0.1) is 12.6 Å². The van der Waals surface area contributed by atoms with Crippen molar-refractivity contribution in [2.24, 2.45) is 0 Å². The summed E-state index contributed by atoms with van der Waals surface area (Å²) >= 11 is 0. The van der Waals surface area contributed by atoms with Crippen LogP contribution in [0.5, 0.6) is 0 Å². The van der Waals surface area contributed by atoms with Gasteiger partial charge in [-0.3, -0.25) is 4.55 Å². The molecule has 0 saturated carbocycles. The van der Waals surface area contributed by atoms with Crippen LogP contribution in [0.2, 0.25) is 19.1 Å². The molecule has 1 atom stereocenters. The van der Waals surface area contributed by atoms with E-state index in [2.05, 4.69) is 13.1 Å². The monoisotopic (exact) mass is 513 g/mol. The summed E-state index contributed by atoms with van der Waals surface area (Å²) < 4.78 is 95.2. The molecule has 0 aliphatic rings. The van der Waals surface area contributed by atoms with Crippen LogP contribution < -0.4 is 0 Å². The number of nitrogens with zero attached hydrogens (tertiary/aromatic N) is 1. The van der Waals surface area contributed by atoms with Crippen LogP contribution in [-0.2, 0) is 35.3 Å². The standard InChI is InChI=1S/C15H35NO7S2Si.O3S/c1-5-9-16(10-6-13-24(17,18)19,11-7-14-25(20,21)22)12-8-15-26(3,4)23-2;1-4(2)3/h5-15H2,1-4H3,(H-,17,18,19,20,21,22);. The fraction of sp³-hybridized carbons (Fsp3) is 1.00. The third kappa shape index (κ3) is 20.8. The normalized spacial score (nSPS) is 14.5. The second-order valence-electron chi connectivity index (χ2n) is 7.76. The Labute approximate surface area is 183 Å². The van der Waals surface area contributed by atoms with Crippen molar-refractivity contribution in [1.29, 1.82) is 0 Å². The van der Waals surface area contributed by atoms with Gasteiger partial charge in [-0.1, -0.05) is 6.92 Å². The summed E-state index contributed by atoms with van der Waals surface area (Å²) in [5, 5.41) is 0. The molecule has 1 unspecified atom stereocenters. The smallest absolute Gasteiger partial charge is 0.425 e. The lowest BCUT2D eigenvalue weighted by molar-refractivity contribution is -0.928. The maximum atomic E-state index is 11.0. The summed E-state index contributed by atoms with van der Waals surface area (Å²) in [5.41, 5.74) is 0. The molecule has 0 saturated heterocycles. The van der Waals surface area contributed by atoms with Gasteiger partial charge >= 0.3 is 10.6 Å². The van der Waals surface area contributed by atoms with Crippen molar-refractivity contribution < 1.29 is 47.5 Å². The Morgan fingerprint density at radius 1 is 0.933 bits per heavy atom. The molecule has 0 spiro atoms. The van der Waals surface area contributed by atoms with E-state index in [1.165, 1.54) is 0 Å². The zero-order valence-electron chi connectivity index (χ0n) is 18.1. The van der Waals surface area contributed by atoms with Crippen LogP contribution >= 0.6 is 0 Å². The van der Waals surface area contributed by atoms with E-state index in [9.17, 15) is 21.4 Å². The van der Waals surface area contributed by atoms with Gasteiger partial charge in [-0.25, -0.2) is 8.42 Å². The first-order chi connectivity index (χ1) is 13.5. The molecule has 0 aromatic rings. The molecule has 30 heavy (non-hydrogen) atoms. The van der Waals surface area contributed by atoms with Gasteiger partial charge in [0.15, 0.2) is 8.32 Å². The van der Waals surface area contributed by atoms with Crippen LogP contribution in [0.15, 0.2) is 0 Å². The molecule has 0 amide bonds. The first-order valence-corrected chi connectivity index (χ1v) is 16.8. The molecule has 11 nitrogen and oxygen atoms in total. The Morgan fingerprint density at radius 2 is 1.37 bits per heavy atom. The largest absolute Gasteiger partial charge is 0.748 e. The van der Waals surface area contributed by atoms with Crippen molar-refractivity contribution in [3.8, 4) is 0 Å². The van der Waals surface area contributed by atoms with Gasteiger partial charge in [0.05, 0.1) is 42.1 Å². The molecule has 15 heteroatoms. The van der Waals surface area contributed by atoms with E-state index in [-0.39, 0.29) is 12.2 Å². The van der Waals surface area contributed by atoms with E-state index in [1.807, 2.05) is 6.92 Å². The van der Waals surface area contributed by atoms with Gasteiger partial charge in [0, 0.05) is 25.7 Å². The average molecular weight is 514 g/mol. The summed E-state index contributed by atoms with van der Waals surface area (Å²) in [6.07, 6.45) is 2.31. The van der Waals surface area contributed by atoms with Crippen molar-refractivity contribution in [1.82, 2.24) is 0 Å². The Morgan fingerprint density at radius 3 is 1.73 bits per heavy atom. The first-order valence-electron chi connectivity index (χ1n) is 9.53. The summed E-state index contributed by atoms with van der Waals surface area (Å²) in [6, 6.07) is 0.950. The van der Waals surface area contributed by atoms with Gasteiger partial charge in [0.2, 0.25) is 0 Å². The minimum atomic E-state index is -4.26. The molecular weight excluding hydrogens is 478 g/mol. The quantitative estimate of drug-likeness (QED) is 0.186. The van der Waals surface area contributed by atoms with Crippen LogP contribution in [0.4, 0.5) is 0 Å². The molecule has 0 heterocycles. The van der Waals surface area contributed by atoms with E-state index >= 15 is 0 Å². The van der Waals surface area contributed by atoms with Gasteiger partial charge < -0.3 is 13.5 Å². The maximum absolute atomic E-state index is 11.0. The SMILES string of the molecule is CCC[N+](CCC[Si](C)(C)OC)(CCCS(=O)(=O)[O-])CCCS(=O)(=O)O.O=S(=O)=O. The molecular formula is C15H35NO10S3Si. The van der Waals surface area contributed by atoms with Crippen molar-refractivity contribution >= 4 is 39.2 Å². The Kier molecular flexibility index (Phi) is 15.5. The second-order valence-corrected chi connectivity index (χ2v) is 15.7. The Balaban J connectivity index is 0. The molecule has 1 N–H and O–H groups in total. The van der Waals surface area contributed by atoms with Gasteiger partial charge in [-0.05, 0) is 32.0 Å². The highest BCUT2D eigenvalue weighted by molar-refractivity contribution is 7.85. The minimum absolute atomic E-state index is 0.253. The molecule has 0 aromatic carbocycles. The highest BCUT2D eigenvalue weighted by Gasteiger charge is 2.29. The Bertz CT molecular complexity index is 750. The van der Waals surface area contributed by atoms with Crippen LogP contribution in [0.3, 0.4) is 0 Å². The summed E-state index contributed by atoms with van der Waals surface area (Å²) in [6.45, 7) is 8.87. The zero-order chi connectivity index (χ0) is 24.1. The number of rotatable bonds is 15. The van der Waals surface area contributed by atoms with E-state index in [4.69, 9.17) is 21.6 Å². The van der Waals surface area contributed by atoms with E-state index in [1.54, 1.807) is 7.11 Å². The van der Waals surface area contributed by atoms with Crippen LogP contribution in [-0.4, -0.2) is 96.2 Å². The van der Waals surface area contributed by atoms with Gasteiger partial charge in [0.25, 0.3) is 10.1 Å². The predicted octanol–water partition coefficient (Wildman–Crippen LogP) is 0.664. The molecule has 0 aliphatic heterocycles. The van der Waals surface area contributed by atoms with Gasteiger partial charge in [0.1, 0.15) is 0 Å².